The van der Waals surface area contributed by atoms with Gasteiger partial charge < -0.3 is 9.50 Å². The third-order valence-corrected chi connectivity index (χ3v) is 7.72. The van der Waals surface area contributed by atoms with Gasteiger partial charge >= 0.3 is 15.6 Å². The SMILES string of the molecule is O=C1NC[C@H]2C(c3ccc(Cl)cc3)[C@H](c3ccc(OS(=O)(=O)C(F)(F)F)cc3Cl)CC[C@@H]12. The average Bonchev–Trinajstić information content (AvgIpc) is 3.08. The number of nitrogens with one attached hydrogen (secondary N) is 1. The van der Waals surface area contributed by atoms with E-state index in [0.717, 1.165) is 17.7 Å². The minimum absolute atomic E-state index is 0.0135. The van der Waals surface area contributed by atoms with Crippen LogP contribution < -0.4 is 9.50 Å². The van der Waals surface area contributed by atoms with Gasteiger partial charge in [0.1, 0.15) is 5.75 Å². The molecule has 2 aromatic rings. The van der Waals surface area contributed by atoms with Crippen molar-refractivity contribution in [2.75, 3.05) is 6.54 Å². The average molecular weight is 508 g/mol. The van der Waals surface area contributed by atoms with Crippen LogP contribution in [0.3, 0.4) is 0 Å². The minimum Gasteiger partial charge on any atom is -0.376 e. The van der Waals surface area contributed by atoms with Crippen molar-refractivity contribution in [3.63, 3.8) is 0 Å². The van der Waals surface area contributed by atoms with Crippen LogP contribution in [-0.2, 0) is 14.9 Å². The molecule has 1 N–H and O–H groups in total. The fourth-order valence-electron chi connectivity index (χ4n) is 4.79. The van der Waals surface area contributed by atoms with Crippen LogP contribution >= 0.6 is 23.2 Å². The van der Waals surface area contributed by atoms with Crippen LogP contribution in [0.5, 0.6) is 5.75 Å². The van der Waals surface area contributed by atoms with Crippen LogP contribution in [0.15, 0.2) is 42.5 Å². The summed E-state index contributed by atoms with van der Waals surface area (Å²) < 4.78 is 64.7. The van der Waals surface area contributed by atoms with E-state index in [1.165, 1.54) is 6.07 Å². The fraction of sp³-hybridized carbons (Fsp3) is 0.381. The number of halogens is 5. The van der Waals surface area contributed by atoms with E-state index >= 15 is 0 Å². The third kappa shape index (κ3) is 4.30. The highest BCUT2D eigenvalue weighted by Gasteiger charge is 2.49. The number of benzene rings is 2. The van der Waals surface area contributed by atoms with Crippen molar-refractivity contribution in [3.05, 3.63) is 63.6 Å². The highest BCUT2D eigenvalue weighted by Crippen LogP contribution is 2.52. The summed E-state index contributed by atoms with van der Waals surface area (Å²) in [5, 5.41) is 3.59. The van der Waals surface area contributed by atoms with Gasteiger partial charge in [0.2, 0.25) is 5.91 Å². The van der Waals surface area contributed by atoms with E-state index in [0.29, 0.717) is 30.0 Å². The van der Waals surface area contributed by atoms with Gasteiger partial charge in [-0.2, -0.15) is 21.6 Å². The van der Waals surface area contributed by atoms with Gasteiger partial charge in [0.15, 0.2) is 0 Å². The van der Waals surface area contributed by atoms with E-state index in [2.05, 4.69) is 9.50 Å². The largest absolute Gasteiger partial charge is 0.534 e. The molecular weight excluding hydrogens is 490 g/mol. The van der Waals surface area contributed by atoms with Crippen molar-refractivity contribution in [1.82, 2.24) is 5.32 Å². The minimum atomic E-state index is -5.80. The number of carbonyl (C=O) groups excluding carboxylic acids is 1. The maximum atomic E-state index is 12.6. The number of alkyl halides is 3. The van der Waals surface area contributed by atoms with Gasteiger partial charge in [-0.25, -0.2) is 0 Å². The van der Waals surface area contributed by atoms with E-state index in [4.69, 9.17) is 23.2 Å². The molecule has 5 nitrogen and oxygen atoms in total. The molecule has 1 aliphatic heterocycles. The molecule has 1 unspecified atom stereocenters. The van der Waals surface area contributed by atoms with E-state index in [1.54, 1.807) is 12.1 Å². The maximum absolute atomic E-state index is 12.6. The first-order valence-electron chi connectivity index (χ1n) is 9.81. The van der Waals surface area contributed by atoms with Crippen LogP contribution in [0.4, 0.5) is 13.2 Å². The summed E-state index contributed by atoms with van der Waals surface area (Å²) in [5.74, 6) is -0.852. The summed E-state index contributed by atoms with van der Waals surface area (Å²) in [6.07, 6.45) is 1.27. The lowest BCUT2D eigenvalue weighted by atomic mass is 9.63. The van der Waals surface area contributed by atoms with Crippen molar-refractivity contribution in [3.8, 4) is 5.75 Å². The van der Waals surface area contributed by atoms with Gasteiger partial charge in [-0.3, -0.25) is 4.79 Å². The Morgan fingerprint density at radius 1 is 1.00 bits per heavy atom. The summed E-state index contributed by atoms with van der Waals surface area (Å²) in [6, 6.07) is 11.0. The molecule has 1 amide bonds. The maximum Gasteiger partial charge on any atom is 0.534 e. The molecule has 2 aliphatic rings. The van der Waals surface area contributed by atoms with Crippen molar-refractivity contribution < 1.29 is 30.6 Å². The number of hydrogen-bond acceptors (Lipinski definition) is 4. The van der Waals surface area contributed by atoms with Crippen LogP contribution in [-0.4, -0.2) is 26.4 Å². The van der Waals surface area contributed by atoms with Gasteiger partial charge in [-0.1, -0.05) is 41.4 Å². The van der Waals surface area contributed by atoms with Gasteiger partial charge in [-0.15, -0.1) is 0 Å². The zero-order valence-corrected chi connectivity index (χ0v) is 18.7. The first kappa shape index (κ1) is 23.2. The predicted molar refractivity (Wildman–Crippen MR) is 113 cm³/mol. The van der Waals surface area contributed by atoms with Crippen molar-refractivity contribution >= 4 is 39.2 Å². The molecule has 4 atom stereocenters. The lowest BCUT2D eigenvalue weighted by Crippen LogP contribution is -2.32. The van der Waals surface area contributed by atoms with Gasteiger partial charge in [0, 0.05) is 28.6 Å². The molecule has 1 heterocycles. The second kappa shape index (κ2) is 8.43. The lowest BCUT2D eigenvalue weighted by Gasteiger charge is -2.40. The molecule has 32 heavy (non-hydrogen) atoms. The highest BCUT2D eigenvalue weighted by atomic mass is 35.5. The van der Waals surface area contributed by atoms with E-state index in [9.17, 15) is 26.4 Å². The van der Waals surface area contributed by atoms with Crippen LogP contribution in [0, 0.1) is 11.8 Å². The number of hydrogen-bond donors (Lipinski definition) is 1. The molecule has 1 aliphatic carbocycles. The Labute approximate surface area is 193 Å². The molecular formula is C21H18Cl2F3NO4S. The number of fused-ring (bicyclic) bond motifs is 1. The first-order chi connectivity index (χ1) is 15.0. The van der Waals surface area contributed by atoms with Crippen LogP contribution in [0.1, 0.15) is 35.8 Å². The lowest BCUT2D eigenvalue weighted by molar-refractivity contribution is -0.123. The van der Waals surface area contributed by atoms with Gasteiger partial charge in [0.05, 0.1) is 0 Å². The molecule has 1 saturated carbocycles. The second-order valence-electron chi connectivity index (χ2n) is 7.94. The molecule has 2 fully saturated rings. The zero-order valence-electron chi connectivity index (χ0n) is 16.4. The van der Waals surface area contributed by atoms with Gasteiger partial charge in [-0.05, 0) is 59.9 Å². The number of carbonyl (C=O) groups is 1. The Kier molecular flexibility index (Phi) is 6.11. The molecule has 172 valence electrons. The number of rotatable bonds is 4. The summed E-state index contributed by atoms with van der Waals surface area (Å²) in [6.45, 7) is 0.510. The Balaban J connectivity index is 1.69. The van der Waals surface area contributed by atoms with Crippen molar-refractivity contribution in [1.29, 1.82) is 0 Å². The first-order valence-corrected chi connectivity index (χ1v) is 12.0. The fourth-order valence-corrected chi connectivity index (χ4v) is 5.68. The topological polar surface area (TPSA) is 72.5 Å². The quantitative estimate of drug-likeness (QED) is 0.453. The number of amides is 1. The van der Waals surface area contributed by atoms with Crippen molar-refractivity contribution in [2.24, 2.45) is 11.8 Å². The Bertz CT molecular complexity index is 1140. The Morgan fingerprint density at radius 3 is 2.28 bits per heavy atom. The van der Waals surface area contributed by atoms with Crippen LogP contribution in [0.2, 0.25) is 10.0 Å². The molecule has 0 radical (unpaired) electrons. The molecule has 1 saturated heterocycles. The Hall–Kier alpha value is -1.97. The molecule has 2 aromatic carbocycles. The molecule has 4 rings (SSSR count). The van der Waals surface area contributed by atoms with E-state index in [-0.39, 0.29) is 34.6 Å². The monoisotopic (exact) mass is 507 g/mol. The molecule has 11 heteroatoms. The third-order valence-electron chi connectivity index (χ3n) is 6.16. The predicted octanol–water partition coefficient (Wildman–Crippen LogP) is 5.25. The standard InChI is InChI=1S/C21H18Cl2F3NO4S/c22-12-3-1-11(2-4-12)19-15(7-8-16-17(19)10-27-20(16)28)14-6-5-13(9-18(14)23)31-32(29,30)21(24,25)26/h1-6,9,15-17,19H,7-8,10H2,(H,27,28)/t15-,16+,17+,19?/m0/s1. The summed E-state index contributed by atoms with van der Waals surface area (Å²) >= 11 is 12.4. The molecule has 0 aromatic heterocycles. The normalized spacial score (nSPS) is 25.8. The van der Waals surface area contributed by atoms with E-state index in [1.807, 2.05) is 12.1 Å². The Morgan fingerprint density at radius 2 is 1.66 bits per heavy atom. The highest BCUT2D eigenvalue weighted by molar-refractivity contribution is 7.88. The van der Waals surface area contributed by atoms with Crippen molar-refractivity contribution in [2.45, 2.75) is 30.2 Å². The van der Waals surface area contributed by atoms with Crippen LogP contribution in [0.25, 0.3) is 0 Å². The summed E-state index contributed by atoms with van der Waals surface area (Å²) in [5.41, 5.74) is -3.92. The molecule has 0 bridgehead atoms. The summed E-state index contributed by atoms with van der Waals surface area (Å²) in [7, 11) is -5.80. The second-order valence-corrected chi connectivity index (χ2v) is 10.3. The smallest absolute Gasteiger partial charge is 0.376 e. The summed E-state index contributed by atoms with van der Waals surface area (Å²) in [4.78, 5) is 12.3. The zero-order chi connectivity index (χ0) is 23.3. The van der Waals surface area contributed by atoms with Gasteiger partial charge in [0.25, 0.3) is 0 Å². The van der Waals surface area contributed by atoms with E-state index < -0.39 is 21.4 Å². The molecule has 0 spiro atoms.